The molecule has 0 amide bonds. The van der Waals surface area contributed by atoms with E-state index in [0.29, 0.717) is 0 Å². The van der Waals surface area contributed by atoms with E-state index in [0.717, 1.165) is 12.2 Å². The van der Waals surface area contributed by atoms with Crippen molar-refractivity contribution in [3.63, 3.8) is 0 Å². The van der Waals surface area contributed by atoms with Gasteiger partial charge in [0.25, 0.3) is 0 Å². The molecule has 68 valence electrons. The Morgan fingerprint density at radius 2 is 2.54 bits per heavy atom. The molecule has 3 heteroatoms. The van der Waals surface area contributed by atoms with Gasteiger partial charge in [0.05, 0.1) is 19.5 Å². The van der Waals surface area contributed by atoms with E-state index in [1.54, 1.807) is 13.3 Å². The molecule has 0 aliphatic heterocycles. The van der Waals surface area contributed by atoms with Crippen molar-refractivity contribution in [1.82, 2.24) is 9.55 Å². The average molecular weight is 176 g/mol. The molecule has 1 aliphatic rings. The van der Waals surface area contributed by atoms with Gasteiger partial charge < -0.3 is 9.30 Å². The minimum Gasteiger partial charge on any atom is -0.499 e. The summed E-state index contributed by atoms with van der Waals surface area (Å²) in [5.74, 6) is 0.987. The molecule has 0 spiro atoms. The van der Waals surface area contributed by atoms with Gasteiger partial charge in [-0.2, -0.15) is 0 Å². The molecule has 1 aromatic heterocycles. The van der Waals surface area contributed by atoms with Gasteiger partial charge in [0.2, 0.25) is 0 Å². The van der Waals surface area contributed by atoms with Gasteiger partial charge in [-0.1, -0.05) is 12.2 Å². The first kappa shape index (κ1) is 8.10. The Labute approximate surface area is 77.4 Å². The van der Waals surface area contributed by atoms with Gasteiger partial charge in [0, 0.05) is 12.4 Å². The molecule has 1 aromatic rings. The molecule has 0 aromatic carbocycles. The van der Waals surface area contributed by atoms with E-state index < -0.39 is 0 Å². The lowest BCUT2D eigenvalue weighted by atomic mass is 10.1. The number of nitrogens with zero attached hydrogens (tertiary/aromatic N) is 2. The first-order valence-electron chi connectivity index (χ1n) is 4.30. The molecule has 0 bridgehead atoms. The van der Waals surface area contributed by atoms with Gasteiger partial charge in [0.15, 0.2) is 0 Å². The Bertz CT molecular complexity index is 325. The smallest absolute Gasteiger partial charge is 0.119 e. The normalized spacial score (nSPS) is 21.3. The second-order valence-electron chi connectivity index (χ2n) is 2.96. The van der Waals surface area contributed by atoms with Crippen LogP contribution in [0.1, 0.15) is 12.5 Å². The number of rotatable bonds is 2. The number of aromatic nitrogens is 2. The molecule has 1 unspecified atom stereocenters. The van der Waals surface area contributed by atoms with E-state index in [9.17, 15) is 0 Å². The van der Waals surface area contributed by atoms with E-state index in [4.69, 9.17) is 4.74 Å². The molecule has 1 heterocycles. The lowest BCUT2D eigenvalue weighted by Crippen LogP contribution is -2.12. The maximum atomic E-state index is 5.29. The monoisotopic (exact) mass is 176 g/mol. The van der Waals surface area contributed by atoms with E-state index in [1.165, 1.54) is 0 Å². The minimum atomic E-state index is 0.275. The molecule has 13 heavy (non-hydrogen) atoms. The molecule has 0 saturated carbocycles. The van der Waals surface area contributed by atoms with Gasteiger partial charge in [-0.25, -0.2) is 4.98 Å². The predicted molar refractivity (Wildman–Crippen MR) is 50.1 cm³/mol. The Morgan fingerprint density at radius 1 is 1.62 bits per heavy atom. The van der Waals surface area contributed by atoms with E-state index in [1.807, 2.05) is 24.7 Å². The summed E-state index contributed by atoms with van der Waals surface area (Å²) >= 11 is 0. The third kappa shape index (κ3) is 1.49. The van der Waals surface area contributed by atoms with Crippen LogP contribution in [-0.4, -0.2) is 16.7 Å². The second-order valence-corrected chi connectivity index (χ2v) is 2.96. The third-order valence-corrected chi connectivity index (χ3v) is 2.20. The molecule has 0 radical (unpaired) electrons. The van der Waals surface area contributed by atoms with Crippen molar-refractivity contribution in [2.45, 2.75) is 12.5 Å². The molecule has 0 saturated heterocycles. The summed E-state index contributed by atoms with van der Waals surface area (Å²) in [6.45, 7) is 0. The van der Waals surface area contributed by atoms with Crippen molar-refractivity contribution < 1.29 is 4.74 Å². The zero-order valence-corrected chi connectivity index (χ0v) is 7.55. The topological polar surface area (TPSA) is 27.1 Å². The molecule has 1 atom stereocenters. The summed E-state index contributed by atoms with van der Waals surface area (Å²) < 4.78 is 7.34. The van der Waals surface area contributed by atoms with Crippen LogP contribution < -0.4 is 0 Å². The van der Waals surface area contributed by atoms with Crippen molar-refractivity contribution in [2.75, 3.05) is 7.11 Å². The largest absolute Gasteiger partial charge is 0.499 e. The highest BCUT2D eigenvalue weighted by Gasteiger charge is 2.16. The fourth-order valence-corrected chi connectivity index (χ4v) is 1.52. The van der Waals surface area contributed by atoms with Crippen molar-refractivity contribution in [3.05, 3.63) is 42.7 Å². The van der Waals surface area contributed by atoms with Crippen molar-refractivity contribution in [1.29, 1.82) is 0 Å². The van der Waals surface area contributed by atoms with Crippen LogP contribution in [-0.2, 0) is 4.74 Å². The van der Waals surface area contributed by atoms with Crippen LogP contribution in [0.4, 0.5) is 0 Å². The Kier molecular flexibility index (Phi) is 2.17. The highest BCUT2D eigenvalue weighted by atomic mass is 16.5. The van der Waals surface area contributed by atoms with E-state index >= 15 is 0 Å². The van der Waals surface area contributed by atoms with E-state index in [2.05, 4.69) is 15.6 Å². The number of hydrogen-bond donors (Lipinski definition) is 0. The number of ether oxygens (including phenoxy) is 1. The lowest BCUT2D eigenvalue weighted by molar-refractivity contribution is 0.240. The van der Waals surface area contributed by atoms with Crippen LogP contribution in [0.5, 0.6) is 0 Å². The fourth-order valence-electron chi connectivity index (χ4n) is 1.52. The number of allylic oxidation sites excluding steroid dienone is 4. The molecule has 3 nitrogen and oxygen atoms in total. The van der Waals surface area contributed by atoms with Crippen LogP contribution in [0.2, 0.25) is 0 Å². The molecular weight excluding hydrogens is 164 g/mol. The second kappa shape index (κ2) is 3.47. The Morgan fingerprint density at radius 3 is 3.23 bits per heavy atom. The minimum absolute atomic E-state index is 0.275. The average Bonchev–Trinajstić information content (AvgIpc) is 2.70. The first-order chi connectivity index (χ1) is 6.42. The summed E-state index contributed by atoms with van der Waals surface area (Å²) in [6, 6.07) is 0.275. The van der Waals surface area contributed by atoms with Crippen LogP contribution in [0.3, 0.4) is 0 Å². The molecule has 0 N–H and O–H groups in total. The Balaban J connectivity index is 2.25. The van der Waals surface area contributed by atoms with Gasteiger partial charge in [-0.05, 0) is 12.5 Å². The van der Waals surface area contributed by atoms with Gasteiger partial charge in [0.1, 0.15) is 5.76 Å². The van der Waals surface area contributed by atoms with Crippen LogP contribution in [0.25, 0.3) is 0 Å². The highest BCUT2D eigenvalue weighted by Crippen LogP contribution is 2.25. The van der Waals surface area contributed by atoms with Gasteiger partial charge in [-0.3, -0.25) is 0 Å². The zero-order valence-electron chi connectivity index (χ0n) is 7.55. The van der Waals surface area contributed by atoms with Crippen LogP contribution in [0, 0.1) is 0 Å². The maximum Gasteiger partial charge on any atom is 0.119 e. The number of methoxy groups -OCH3 is 1. The lowest BCUT2D eigenvalue weighted by Gasteiger charge is -2.21. The summed E-state index contributed by atoms with van der Waals surface area (Å²) in [7, 11) is 1.70. The quantitative estimate of drug-likeness (QED) is 0.688. The molecular formula is C10H12N2O. The predicted octanol–water partition coefficient (Wildman–Crippen LogP) is 1.91. The summed E-state index contributed by atoms with van der Waals surface area (Å²) in [5.41, 5.74) is 0. The molecule has 1 aliphatic carbocycles. The van der Waals surface area contributed by atoms with Crippen molar-refractivity contribution in [3.8, 4) is 0 Å². The summed E-state index contributed by atoms with van der Waals surface area (Å²) in [4.78, 5) is 4.02. The van der Waals surface area contributed by atoms with Gasteiger partial charge in [-0.15, -0.1) is 0 Å². The van der Waals surface area contributed by atoms with Crippen LogP contribution in [0.15, 0.2) is 42.7 Å². The third-order valence-electron chi connectivity index (χ3n) is 2.20. The van der Waals surface area contributed by atoms with Crippen LogP contribution >= 0.6 is 0 Å². The summed E-state index contributed by atoms with van der Waals surface area (Å²) in [5, 5.41) is 0. The fraction of sp³-hybridized carbons (Fsp3) is 0.300. The SMILES string of the molecule is COC1=CC=CCC1n1ccnc1. The first-order valence-corrected chi connectivity index (χ1v) is 4.30. The van der Waals surface area contributed by atoms with Crippen molar-refractivity contribution in [2.24, 2.45) is 0 Å². The standard InChI is InChI=1S/C10H12N2O/c1-13-10-5-3-2-4-9(10)12-7-6-11-8-12/h2-3,5-9H,4H2,1H3. The molecule has 2 rings (SSSR count). The highest BCUT2D eigenvalue weighted by molar-refractivity contribution is 5.18. The Hall–Kier alpha value is -1.51. The number of imidazole rings is 1. The van der Waals surface area contributed by atoms with Crippen molar-refractivity contribution >= 4 is 0 Å². The zero-order chi connectivity index (χ0) is 9.10. The van der Waals surface area contributed by atoms with Gasteiger partial charge >= 0.3 is 0 Å². The maximum absolute atomic E-state index is 5.29. The summed E-state index contributed by atoms with van der Waals surface area (Å²) in [6.07, 6.45) is 12.7. The molecule has 0 fully saturated rings. The number of hydrogen-bond acceptors (Lipinski definition) is 2. The van der Waals surface area contributed by atoms with E-state index in [-0.39, 0.29) is 6.04 Å².